The van der Waals surface area contributed by atoms with Crippen LogP contribution in [0.2, 0.25) is 0 Å². The van der Waals surface area contributed by atoms with Gasteiger partial charge in [0, 0.05) is 17.3 Å². The molecule has 0 atom stereocenters. The number of carbonyl (C=O) groups excluding carboxylic acids is 2. The molecule has 0 spiro atoms. The fourth-order valence-corrected chi connectivity index (χ4v) is 1.58. The molecule has 0 fully saturated rings. The van der Waals surface area contributed by atoms with Gasteiger partial charge in [0.25, 0.3) is 0 Å². The van der Waals surface area contributed by atoms with Crippen molar-refractivity contribution < 1.29 is 9.59 Å². The lowest BCUT2D eigenvalue weighted by atomic mass is 10.1. The predicted molar refractivity (Wildman–Crippen MR) is 62.2 cm³/mol. The van der Waals surface area contributed by atoms with Gasteiger partial charge in [-0.1, -0.05) is 19.9 Å². The molecule has 4 nitrogen and oxygen atoms in total. The highest BCUT2D eigenvalue weighted by atomic mass is 16.2. The minimum Gasteiger partial charge on any atom is -0.326 e. The molecule has 1 aliphatic heterocycles. The van der Waals surface area contributed by atoms with Gasteiger partial charge in [-0.25, -0.2) is 0 Å². The summed E-state index contributed by atoms with van der Waals surface area (Å²) in [5, 5.41) is 5.55. The summed E-state index contributed by atoms with van der Waals surface area (Å²) in [4.78, 5) is 22.6. The third kappa shape index (κ3) is 2.05. The van der Waals surface area contributed by atoms with E-state index in [1.807, 2.05) is 26.0 Å². The van der Waals surface area contributed by atoms with E-state index >= 15 is 0 Å². The standard InChI is InChI=1S/C12H14N2O2/c1-7(2)12(16)13-9-4-3-8-5-11(15)14-10(8)6-9/h3-4,6-7H,5H2,1-2H3,(H,13,16)(H,14,15). The lowest BCUT2D eigenvalue weighted by Crippen LogP contribution is -2.17. The molecule has 1 heterocycles. The van der Waals surface area contributed by atoms with E-state index < -0.39 is 0 Å². The average molecular weight is 218 g/mol. The van der Waals surface area contributed by atoms with Gasteiger partial charge in [0.05, 0.1) is 6.42 Å². The molecule has 0 aliphatic carbocycles. The Morgan fingerprint density at radius 3 is 2.88 bits per heavy atom. The summed E-state index contributed by atoms with van der Waals surface area (Å²) < 4.78 is 0. The topological polar surface area (TPSA) is 58.2 Å². The van der Waals surface area contributed by atoms with Crippen molar-refractivity contribution in [2.45, 2.75) is 20.3 Å². The van der Waals surface area contributed by atoms with Crippen LogP contribution in [0.25, 0.3) is 0 Å². The molecule has 0 aromatic heterocycles. The zero-order chi connectivity index (χ0) is 11.7. The molecular formula is C12H14N2O2. The number of carbonyl (C=O) groups is 2. The van der Waals surface area contributed by atoms with Gasteiger partial charge in [0.1, 0.15) is 0 Å². The van der Waals surface area contributed by atoms with E-state index in [2.05, 4.69) is 10.6 Å². The zero-order valence-corrected chi connectivity index (χ0v) is 9.33. The summed E-state index contributed by atoms with van der Waals surface area (Å²) in [7, 11) is 0. The quantitative estimate of drug-likeness (QED) is 0.794. The van der Waals surface area contributed by atoms with Gasteiger partial charge in [-0.3, -0.25) is 9.59 Å². The number of anilines is 2. The van der Waals surface area contributed by atoms with E-state index in [0.717, 1.165) is 16.9 Å². The molecular weight excluding hydrogens is 204 g/mol. The number of rotatable bonds is 2. The van der Waals surface area contributed by atoms with Crippen LogP contribution in [0.1, 0.15) is 19.4 Å². The van der Waals surface area contributed by atoms with Crippen LogP contribution in [0, 0.1) is 5.92 Å². The Hall–Kier alpha value is -1.84. The highest BCUT2D eigenvalue weighted by Crippen LogP contribution is 2.26. The molecule has 0 saturated heterocycles. The van der Waals surface area contributed by atoms with Crippen molar-refractivity contribution in [3.63, 3.8) is 0 Å². The number of hydrogen-bond donors (Lipinski definition) is 2. The average Bonchev–Trinajstić information content (AvgIpc) is 2.57. The maximum Gasteiger partial charge on any atom is 0.228 e. The molecule has 1 aromatic carbocycles. The second kappa shape index (κ2) is 3.96. The van der Waals surface area contributed by atoms with Gasteiger partial charge in [-0.05, 0) is 17.7 Å². The Morgan fingerprint density at radius 2 is 2.19 bits per heavy atom. The van der Waals surface area contributed by atoms with Crippen LogP contribution < -0.4 is 10.6 Å². The van der Waals surface area contributed by atoms with Crippen molar-refractivity contribution in [2.75, 3.05) is 10.6 Å². The second-order valence-corrected chi connectivity index (χ2v) is 4.24. The first-order chi connectivity index (χ1) is 7.56. The van der Waals surface area contributed by atoms with Gasteiger partial charge >= 0.3 is 0 Å². The molecule has 0 unspecified atom stereocenters. The monoisotopic (exact) mass is 218 g/mol. The van der Waals surface area contributed by atoms with Gasteiger partial charge in [0.15, 0.2) is 0 Å². The van der Waals surface area contributed by atoms with Crippen LogP contribution in [0.4, 0.5) is 11.4 Å². The van der Waals surface area contributed by atoms with Crippen molar-refractivity contribution in [1.82, 2.24) is 0 Å². The van der Waals surface area contributed by atoms with Crippen molar-refractivity contribution in [2.24, 2.45) is 5.92 Å². The first-order valence-electron chi connectivity index (χ1n) is 5.30. The smallest absolute Gasteiger partial charge is 0.228 e. The van der Waals surface area contributed by atoms with E-state index in [1.165, 1.54) is 0 Å². The molecule has 1 aliphatic rings. The predicted octanol–water partition coefficient (Wildman–Crippen LogP) is 1.78. The van der Waals surface area contributed by atoms with E-state index in [9.17, 15) is 9.59 Å². The lowest BCUT2D eigenvalue weighted by molar-refractivity contribution is -0.119. The number of amides is 2. The van der Waals surface area contributed by atoms with Crippen LogP contribution in [-0.2, 0) is 16.0 Å². The van der Waals surface area contributed by atoms with Gasteiger partial charge in [-0.15, -0.1) is 0 Å². The molecule has 2 rings (SSSR count). The van der Waals surface area contributed by atoms with Crippen LogP contribution in [0.15, 0.2) is 18.2 Å². The summed E-state index contributed by atoms with van der Waals surface area (Å²) in [5.74, 6) is -0.0746. The summed E-state index contributed by atoms with van der Waals surface area (Å²) in [6.07, 6.45) is 0.424. The summed E-state index contributed by atoms with van der Waals surface area (Å²) in [5.41, 5.74) is 2.50. The van der Waals surface area contributed by atoms with Crippen molar-refractivity contribution in [1.29, 1.82) is 0 Å². The Balaban J connectivity index is 2.17. The van der Waals surface area contributed by atoms with Crippen LogP contribution in [0.3, 0.4) is 0 Å². The summed E-state index contributed by atoms with van der Waals surface area (Å²) in [6, 6.07) is 5.48. The van der Waals surface area contributed by atoms with E-state index in [1.54, 1.807) is 6.07 Å². The normalized spacial score (nSPS) is 13.6. The molecule has 84 valence electrons. The minimum atomic E-state index is -0.0529. The third-order valence-electron chi connectivity index (χ3n) is 2.53. The van der Waals surface area contributed by atoms with Gasteiger partial charge in [-0.2, -0.15) is 0 Å². The largest absolute Gasteiger partial charge is 0.326 e. The number of benzene rings is 1. The molecule has 1 aromatic rings. The Kier molecular flexibility index (Phi) is 2.64. The highest BCUT2D eigenvalue weighted by molar-refractivity contribution is 6.00. The number of fused-ring (bicyclic) bond motifs is 1. The van der Waals surface area contributed by atoms with E-state index in [4.69, 9.17) is 0 Å². The Labute approximate surface area is 94.0 Å². The summed E-state index contributed by atoms with van der Waals surface area (Å²) in [6.45, 7) is 3.68. The fraction of sp³-hybridized carbons (Fsp3) is 0.333. The Morgan fingerprint density at radius 1 is 1.44 bits per heavy atom. The summed E-state index contributed by atoms with van der Waals surface area (Å²) >= 11 is 0. The third-order valence-corrected chi connectivity index (χ3v) is 2.53. The van der Waals surface area contributed by atoms with Crippen LogP contribution >= 0.6 is 0 Å². The van der Waals surface area contributed by atoms with E-state index in [-0.39, 0.29) is 17.7 Å². The van der Waals surface area contributed by atoms with Gasteiger partial charge < -0.3 is 10.6 Å². The second-order valence-electron chi connectivity index (χ2n) is 4.24. The van der Waals surface area contributed by atoms with Crippen molar-refractivity contribution >= 4 is 23.2 Å². The molecule has 0 bridgehead atoms. The maximum absolute atomic E-state index is 11.5. The lowest BCUT2D eigenvalue weighted by Gasteiger charge is -2.08. The molecule has 16 heavy (non-hydrogen) atoms. The van der Waals surface area contributed by atoms with Crippen LogP contribution in [0.5, 0.6) is 0 Å². The number of hydrogen-bond acceptors (Lipinski definition) is 2. The first-order valence-corrected chi connectivity index (χ1v) is 5.30. The zero-order valence-electron chi connectivity index (χ0n) is 9.33. The van der Waals surface area contributed by atoms with Crippen molar-refractivity contribution in [3.05, 3.63) is 23.8 Å². The molecule has 4 heteroatoms. The maximum atomic E-state index is 11.5. The number of nitrogens with one attached hydrogen (secondary N) is 2. The minimum absolute atomic E-state index is 0.00216. The highest BCUT2D eigenvalue weighted by Gasteiger charge is 2.18. The molecule has 0 saturated carbocycles. The molecule has 2 amide bonds. The van der Waals surface area contributed by atoms with E-state index in [0.29, 0.717) is 6.42 Å². The first kappa shape index (κ1) is 10.7. The Bertz CT molecular complexity index is 452. The fourth-order valence-electron chi connectivity index (χ4n) is 1.58. The van der Waals surface area contributed by atoms with Gasteiger partial charge in [0.2, 0.25) is 11.8 Å². The molecule has 0 radical (unpaired) electrons. The SMILES string of the molecule is CC(C)C(=O)Nc1ccc2c(c1)NC(=O)C2. The van der Waals surface area contributed by atoms with Crippen LogP contribution in [-0.4, -0.2) is 11.8 Å². The van der Waals surface area contributed by atoms with Crippen molar-refractivity contribution in [3.8, 4) is 0 Å². The molecule has 2 N–H and O–H groups in total.